The summed E-state index contributed by atoms with van der Waals surface area (Å²) in [4.78, 5) is 11.5. The van der Waals surface area contributed by atoms with Crippen molar-refractivity contribution in [3.63, 3.8) is 0 Å². The number of halogens is 2. The summed E-state index contributed by atoms with van der Waals surface area (Å²) in [6.45, 7) is 1.88. The summed E-state index contributed by atoms with van der Waals surface area (Å²) in [5, 5.41) is 9.23. The van der Waals surface area contributed by atoms with Gasteiger partial charge in [0.2, 0.25) is 0 Å². The lowest BCUT2D eigenvalue weighted by Crippen LogP contribution is -2.05. The van der Waals surface area contributed by atoms with Gasteiger partial charge in [-0.3, -0.25) is 0 Å². The van der Waals surface area contributed by atoms with E-state index in [-0.39, 0.29) is 28.3 Å². The molecule has 0 aliphatic rings. The smallest absolute Gasteiger partial charge is 0.338 e. The number of aromatic nitrogens is 1. The van der Waals surface area contributed by atoms with Crippen LogP contribution in [0.5, 0.6) is 0 Å². The normalized spacial score (nSPS) is 11.5. The first-order valence-electron chi connectivity index (χ1n) is 10.8. The molecule has 1 heterocycles. The van der Waals surface area contributed by atoms with Crippen molar-refractivity contribution in [3.8, 4) is 16.8 Å². The van der Waals surface area contributed by atoms with Gasteiger partial charge >= 0.3 is 5.97 Å². The van der Waals surface area contributed by atoms with Crippen molar-refractivity contribution in [1.82, 2.24) is 4.57 Å². The molecular weight excluding hydrogens is 472 g/mol. The molecule has 35 heavy (non-hydrogen) atoms. The van der Waals surface area contributed by atoms with Crippen molar-refractivity contribution in [2.24, 2.45) is 0 Å². The molecule has 4 aromatic rings. The lowest BCUT2D eigenvalue weighted by Gasteiger charge is -2.10. The Morgan fingerprint density at radius 2 is 1.66 bits per heavy atom. The van der Waals surface area contributed by atoms with Crippen LogP contribution < -0.4 is 0 Å². The summed E-state index contributed by atoms with van der Waals surface area (Å²) in [6.07, 6.45) is 3.60. The average Bonchev–Trinajstić information content (AvgIpc) is 3.14. The predicted octanol–water partition coefficient (Wildman–Crippen LogP) is 5.62. The van der Waals surface area contributed by atoms with Gasteiger partial charge < -0.3 is 9.67 Å². The van der Waals surface area contributed by atoms with E-state index in [1.54, 1.807) is 36.4 Å². The Balaban J connectivity index is 1.82. The number of sulfone groups is 1. The number of rotatable bonds is 7. The molecule has 4 rings (SSSR count). The maximum Gasteiger partial charge on any atom is 0.338 e. The minimum atomic E-state index is -3.43. The van der Waals surface area contributed by atoms with Gasteiger partial charge in [-0.2, -0.15) is 0 Å². The molecule has 0 fully saturated rings. The fourth-order valence-corrected chi connectivity index (χ4v) is 4.84. The van der Waals surface area contributed by atoms with E-state index in [0.29, 0.717) is 12.0 Å². The van der Waals surface area contributed by atoms with E-state index >= 15 is 0 Å². The monoisotopic (exact) mass is 495 g/mol. The van der Waals surface area contributed by atoms with Gasteiger partial charge in [0, 0.05) is 29.4 Å². The van der Waals surface area contributed by atoms with Crippen LogP contribution in [0.25, 0.3) is 16.8 Å². The van der Waals surface area contributed by atoms with Crippen molar-refractivity contribution in [3.05, 3.63) is 107 Å². The Kier molecular flexibility index (Phi) is 6.58. The number of hydrogen-bond donors (Lipinski definition) is 1. The number of carboxylic acids is 1. The van der Waals surface area contributed by atoms with Gasteiger partial charge in [-0.25, -0.2) is 22.0 Å². The van der Waals surface area contributed by atoms with E-state index in [1.807, 2.05) is 17.7 Å². The molecule has 3 aromatic carbocycles. The molecule has 5 nitrogen and oxygen atoms in total. The van der Waals surface area contributed by atoms with E-state index in [9.17, 15) is 27.1 Å². The lowest BCUT2D eigenvalue weighted by atomic mass is 9.96. The molecule has 0 aliphatic carbocycles. The molecule has 0 spiro atoms. The molecule has 180 valence electrons. The van der Waals surface area contributed by atoms with Crippen LogP contribution in [-0.2, 0) is 22.7 Å². The van der Waals surface area contributed by atoms with Crippen LogP contribution in [-0.4, -0.2) is 30.3 Å². The van der Waals surface area contributed by atoms with E-state index < -0.39 is 21.6 Å². The highest BCUT2D eigenvalue weighted by Crippen LogP contribution is 2.33. The molecule has 1 N–H and O–H groups in total. The predicted molar refractivity (Wildman–Crippen MR) is 130 cm³/mol. The zero-order valence-electron chi connectivity index (χ0n) is 19.1. The highest BCUT2D eigenvalue weighted by atomic mass is 32.2. The third-order valence-electron chi connectivity index (χ3n) is 6.01. The summed E-state index contributed by atoms with van der Waals surface area (Å²) in [7, 11) is -3.43. The van der Waals surface area contributed by atoms with Gasteiger partial charge in [-0.05, 0) is 78.9 Å². The van der Waals surface area contributed by atoms with E-state index in [1.165, 1.54) is 30.3 Å². The minimum Gasteiger partial charge on any atom is -0.478 e. The largest absolute Gasteiger partial charge is 0.478 e. The molecule has 0 bridgehead atoms. The highest BCUT2D eigenvalue weighted by Gasteiger charge is 2.19. The van der Waals surface area contributed by atoms with Crippen LogP contribution in [0.2, 0.25) is 0 Å². The van der Waals surface area contributed by atoms with Crippen LogP contribution in [0, 0.1) is 18.6 Å². The van der Waals surface area contributed by atoms with Crippen molar-refractivity contribution in [2.45, 2.75) is 24.7 Å². The first kappa shape index (κ1) is 24.3. The first-order valence-corrected chi connectivity index (χ1v) is 12.7. The molecule has 0 amide bonds. The number of carbonyl (C=O) groups is 1. The van der Waals surface area contributed by atoms with Crippen LogP contribution in [0.3, 0.4) is 0 Å². The quantitative estimate of drug-likeness (QED) is 0.361. The molecule has 0 aliphatic heterocycles. The number of aryl methyl sites for hydroxylation is 1. The van der Waals surface area contributed by atoms with Crippen LogP contribution in [0.1, 0.15) is 27.2 Å². The van der Waals surface area contributed by atoms with Gasteiger partial charge in [0.25, 0.3) is 0 Å². The van der Waals surface area contributed by atoms with Gasteiger partial charge in [0.05, 0.1) is 10.5 Å². The zero-order valence-corrected chi connectivity index (χ0v) is 19.9. The number of carboxylic acid groups (broad SMARTS) is 1. The second kappa shape index (κ2) is 9.46. The molecular formula is C27H23F2NO4S. The van der Waals surface area contributed by atoms with Gasteiger partial charge in [0.1, 0.15) is 11.6 Å². The summed E-state index contributed by atoms with van der Waals surface area (Å²) in [5.41, 5.74) is 3.71. The number of benzene rings is 3. The maximum absolute atomic E-state index is 14.8. The fraction of sp³-hybridized carbons (Fsp3) is 0.148. The Morgan fingerprint density at radius 1 is 0.971 bits per heavy atom. The third kappa shape index (κ3) is 5.02. The number of aromatic carboxylic acids is 1. The zero-order chi connectivity index (χ0) is 25.3. The highest BCUT2D eigenvalue weighted by molar-refractivity contribution is 7.90. The average molecular weight is 496 g/mol. The molecule has 0 atom stereocenters. The molecule has 8 heteroatoms. The first-order chi connectivity index (χ1) is 16.6. The van der Waals surface area contributed by atoms with E-state index in [0.717, 1.165) is 28.8 Å². The van der Waals surface area contributed by atoms with Gasteiger partial charge in [-0.1, -0.05) is 24.3 Å². The minimum absolute atomic E-state index is 0.174. The molecule has 1 aromatic heterocycles. The number of hydrogen-bond acceptors (Lipinski definition) is 3. The van der Waals surface area contributed by atoms with Crippen molar-refractivity contribution in [2.75, 3.05) is 6.26 Å². The van der Waals surface area contributed by atoms with Crippen LogP contribution in [0.4, 0.5) is 8.78 Å². The summed E-state index contributed by atoms with van der Waals surface area (Å²) >= 11 is 0. The van der Waals surface area contributed by atoms with Crippen LogP contribution in [0.15, 0.2) is 77.8 Å². The van der Waals surface area contributed by atoms with Gasteiger partial charge in [0.15, 0.2) is 9.84 Å². The summed E-state index contributed by atoms with van der Waals surface area (Å²) in [6, 6.07) is 16.8. The summed E-state index contributed by atoms with van der Waals surface area (Å²) < 4.78 is 54.4. The standard InChI is InChI=1S/C27H23F2NO4S/c1-17-23(14-9-18-5-4-8-24(26(18)29)27(31)32)25(16-30(17)21-12-10-20(28)11-13-21)19-6-3-7-22(15-19)35(2,33)34/h3-8,10-13,15-16H,9,14H2,1-2H3,(H,31,32). The van der Waals surface area contributed by atoms with E-state index in [4.69, 9.17) is 0 Å². The Labute approximate surface area is 202 Å². The molecule has 0 unspecified atom stereocenters. The van der Waals surface area contributed by atoms with Gasteiger partial charge in [-0.15, -0.1) is 0 Å². The van der Waals surface area contributed by atoms with Crippen molar-refractivity contribution in [1.29, 1.82) is 0 Å². The topological polar surface area (TPSA) is 76.4 Å². The fourth-order valence-electron chi connectivity index (χ4n) is 4.17. The summed E-state index contributed by atoms with van der Waals surface area (Å²) in [5.74, 6) is -2.47. The maximum atomic E-state index is 14.8. The third-order valence-corrected chi connectivity index (χ3v) is 7.12. The lowest BCUT2D eigenvalue weighted by molar-refractivity contribution is 0.0691. The Hall–Kier alpha value is -3.78. The van der Waals surface area contributed by atoms with Crippen LogP contribution >= 0.6 is 0 Å². The van der Waals surface area contributed by atoms with Crippen molar-refractivity contribution < 1.29 is 27.1 Å². The Morgan fingerprint density at radius 3 is 2.31 bits per heavy atom. The molecule has 0 radical (unpaired) electrons. The molecule has 0 saturated heterocycles. The second-order valence-corrected chi connectivity index (χ2v) is 10.4. The SMILES string of the molecule is Cc1c(CCc2cccc(C(=O)O)c2F)c(-c2cccc(S(C)(=O)=O)c2)cn1-c1ccc(F)cc1. The van der Waals surface area contributed by atoms with E-state index in [2.05, 4.69) is 0 Å². The Bertz CT molecular complexity index is 1520. The second-order valence-electron chi connectivity index (χ2n) is 8.34. The molecule has 0 saturated carbocycles. The van der Waals surface area contributed by atoms with Crippen molar-refractivity contribution >= 4 is 15.8 Å². The number of nitrogens with zero attached hydrogens (tertiary/aromatic N) is 1.